The van der Waals surface area contributed by atoms with Crippen LogP contribution in [0.15, 0.2) is 18.2 Å². The van der Waals surface area contributed by atoms with Crippen molar-refractivity contribution >= 4 is 11.9 Å². The lowest BCUT2D eigenvalue weighted by Crippen LogP contribution is -2.13. The average Bonchev–Trinajstić information content (AvgIpc) is 2.76. The average molecular weight is 250 g/mol. The second kappa shape index (κ2) is 4.24. The van der Waals surface area contributed by atoms with E-state index in [2.05, 4.69) is 15.4 Å². The molecule has 0 fully saturated rings. The molecule has 0 saturated carbocycles. The van der Waals surface area contributed by atoms with Gasteiger partial charge in [-0.1, -0.05) is 12.1 Å². The number of nitrogens with two attached hydrogens (primary N) is 1. The first kappa shape index (κ1) is 11.7. The minimum absolute atomic E-state index is 0.0648. The molecule has 0 aliphatic rings. The highest BCUT2D eigenvalue weighted by Gasteiger charge is 2.23. The van der Waals surface area contributed by atoms with Crippen LogP contribution >= 0.6 is 0 Å². The highest BCUT2D eigenvalue weighted by atomic mass is 19.1. The van der Waals surface area contributed by atoms with E-state index in [9.17, 15) is 14.0 Å². The topological polar surface area (TPSA) is 122 Å². The van der Waals surface area contributed by atoms with Crippen LogP contribution in [0.25, 0.3) is 11.3 Å². The Kier molecular flexibility index (Phi) is 2.76. The molecule has 0 atom stereocenters. The Balaban J connectivity index is 2.71. The maximum absolute atomic E-state index is 13.5. The molecule has 0 unspecified atom stereocenters. The lowest BCUT2D eigenvalue weighted by molar-refractivity contribution is 0.0692. The third kappa shape index (κ3) is 1.79. The lowest BCUT2D eigenvalue weighted by Gasteiger charge is -2.04. The van der Waals surface area contributed by atoms with Crippen molar-refractivity contribution in [1.29, 1.82) is 0 Å². The molecule has 1 aromatic carbocycles. The first-order valence-electron chi connectivity index (χ1n) is 4.75. The van der Waals surface area contributed by atoms with Crippen LogP contribution in [0.4, 0.5) is 4.39 Å². The number of rotatable bonds is 3. The molecule has 1 aromatic heterocycles. The van der Waals surface area contributed by atoms with E-state index in [1.165, 1.54) is 12.1 Å². The van der Waals surface area contributed by atoms with Crippen molar-refractivity contribution in [2.45, 2.75) is 0 Å². The Bertz CT molecular complexity index is 638. The number of aromatic carboxylic acids is 1. The number of carboxylic acid groups (broad SMARTS) is 1. The molecule has 2 rings (SSSR count). The molecule has 2 aromatic rings. The normalized spacial score (nSPS) is 10.3. The summed E-state index contributed by atoms with van der Waals surface area (Å²) in [5.74, 6) is -3.29. The van der Waals surface area contributed by atoms with E-state index in [0.29, 0.717) is 0 Å². The van der Waals surface area contributed by atoms with E-state index in [1.807, 2.05) is 0 Å². The Morgan fingerprint density at radius 3 is 2.67 bits per heavy atom. The van der Waals surface area contributed by atoms with Crippen LogP contribution in [-0.2, 0) is 0 Å². The molecule has 0 spiro atoms. The number of primary amides is 1. The minimum Gasteiger partial charge on any atom is -0.478 e. The van der Waals surface area contributed by atoms with Crippen molar-refractivity contribution in [1.82, 2.24) is 15.4 Å². The smallest absolute Gasteiger partial charge is 0.339 e. The summed E-state index contributed by atoms with van der Waals surface area (Å²) in [7, 11) is 0. The number of nitrogens with zero attached hydrogens (tertiary/aromatic N) is 2. The van der Waals surface area contributed by atoms with E-state index >= 15 is 0 Å². The van der Waals surface area contributed by atoms with Gasteiger partial charge in [0.15, 0.2) is 5.69 Å². The zero-order chi connectivity index (χ0) is 13.3. The molecule has 0 aliphatic heterocycles. The number of hydrogen-bond donors (Lipinski definition) is 3. The van der Waals surface area contributed by atoms with Gasteiger partial charge in [0, 0.05) is 5.56 Å². The van der Waals surface area contributed by atoms with Crippen LogP contribution in [0.2, 0.25) is 0 Å². The second-order valence-electron chi connectivity index (χ2n) is 3.35. The van der Waals surface area contributed by atoms with Gasteiger partial charge >= 0.3 is 5.97 Å². The van der Waals surface area contributed by atoms with Gasteiger partial charge in [-0.15, -0.1) is 0 Å². The predicted octanol–water partition coefficient (Wildman–Crippen LogP) is 0.408. The summed E-state index contributed by atoms with van der Waals surface area (Å²) in [4.78, 5) is 22.1. The highest BCUT2D eigenvalue weighted by molar-refractivity contribution is 6.01. The molecule has 18 heavy (non-hydrogen) atoms. The van der Waals surface area contributed by atoms with Gasteiger partial charge in [-0.25, -0.2) is 9.18 Å². The molecule has 8 heteroatoms. The number of carboxylic acids is 1. The van der Waals surface area contributed by atoms with Crippen molar-refractivity contribution in [3.63, 3.8) is 0 Å². The van der Waals surface area contributed by atoms with E-state index in [-0.39, 0.29) is 17.0 Å². The molecule has 1 amide bonds. The van der Waals surface area contributed by atoms with Gasteiger partial charge in [0.05, 0.1) is 0 Å². The Morgan fingerprint density at radius 2 is 2.06 bits per heavy atom. The number of hydrogen-bond acceptors (Lipinski definition) is 4. The molecular weight excluding hydrogens is 243 g/mol. The number of aromatic nitrogens is 3. The highest BCUT2D eigenvalue weighted by Crippen LogP contribution is 2.25. The molecule has 0 aliphatic carbocycles. The van der Waals surface area contributed by atoms with Gasteiger partial charge in [-0.05, 0) is 6.07 Å². The summed E-state index contributed by atoms with van der Waals surface area (Å²) in [6.45, 7) is 0. The fraction of sp³-hybridized carbons (Fsp3) is 0. The van der Waals surface area contributed by atoms with Crippen LogP contribution in [-0.4, -0.2) is 32.4 Å². The zero-order valence-electron chi connectivity index (χ0n) is 8.85. The first-order chi connectivity index (χ1) is 8.52. The van der Waals surface area contributed by atoms with E-state index in [0.717, 1.165) is 6.07 Å². The fourth-order valence-corrected chi connectivity index (χ4v) is 1.53. The molecule has 92 valence electrons. The lowest BCUT2D eigenvalue weighted by atomic mass is 10.0. The summed E-state index contributed by atoms with van der Waals surface area (Å²) in [5.41, 5.74) is 4.06. The minimum atomic E-state index is -1.47. The summed E-state index contributed by atoms with van der Waals surface area (Å²) in [6, 6.07) is 3.62. The van der Waals surface area contributed by atoms with Gasteiger partial charge in [0.2, 0.25) is 0 Å². The van der Waals surface area contributed by atoms with Crippen LogP contribution < -0.4 is 5.73 Å². The zero-order valence-corrected chi connectivity index (χ0v) is 8.85. The molecule has 0 bridgehead atoms. The summed E-state index contributed by atoms with van der Waals surface area (Å²) >= 11 is 0. The SMILES string of the molecule is NC(=O)c1n[nH]nc1-c1cccc(F)c1C(=O)O. The van der Waals surface area contributed by atoms with Gasteiger partial charge < -0.3 is 10.8 Å². The second-order valence-corrected chi connectivity index (χ2v) is 3.35. The summed E-state index contributed by atoms with van der Waals surface area (Å²) in [5, 5.41) is 18.2. The maximum atomic E-state index is 13.5. The van der Waals surface area contributed by atoms with Gasteiger partial charge in [0.25, 0.3) is 5.91 Å². The first-order valence-corrected chi connectivity index (χ1v) is 4.75. The number of carbonyl (C=O) groups excluding carboxylic acids is 1. The monoisotopic (exact) mass is 250 g/mol. The van der Waals surface area contributed by atoms with E-state index in [4.69, 9.17) is 10.8 Å². The maximum Gasteiger partial charge on any atom is 0.339 e. The fourth-order valence-electron chi connectivity index (χ4n) is 1.53. The van der Waals surface area contributed by atoms with Crippen LogP contribution in [0.5, 0.6) is 0 Å². The van der Waals surface area contributed by atoms with Crippen LogP contribution in [0, 0.1) is 5.82 Å². The van der Waals surface area contributed by atoms with Crippen LogP contribution in [0.3, 0.4) is 0 Å². The standard InChI is InChI=1S/C10H7FN4O3/c11-5-3-1-2-4(6(5)10(17)18)7-8(9(12)16)14-15-13-7/h1-3H,(H2,12,16)(H,17,18)(H,13,14,15). The Labute approximate surface area is 99.4 Å². The van der Waals surface area contributed by atoms with Crippen LogP contribution in [0.1, 0.15) is 20.8 Å². The van der Waals surface area contributed by atoms with Crippen molar-refractivity contribution < 1.29 is 19.1 Å². The molecule has 1 heterocycles. The largest absolute Gasteiger partial charge is 0.478 e. The van der Waals surface area contributed by atoms with Gasteiger partial charge in [0.1, 0.15) is 17.1 Å². The number of amides is 1. The molecule has 0 saturated heterocycles. The summed E-state index contributed by atoms with van der Waals surface area (Å²) in [6.07, 6.45) is 0. The Morgan fingerprint density at radius 1 is 1.33 bits per heavy atom. The Hall–Kier alpha value is -2.77. The van der Waals surface area contributed by atoms with E-state index in [1.54, 1.807) is 0 Å². The number of nitrogens with one attached hydrogen (secondary N) is 1. The summed E-state index contributed by atoms with van der Waals surface area (Å²) < 4.78 is 13.5. The van der Waals surface area contributed by atoms with Crippen molar-refractivity contribution in [2.24, 2.45) is 5.73 Å². The van der Waals surface area contributed by atoms with Crippen molar-refractivity contribution in [3.05, 3.63) is 35.3 Å². The number of H-pyrrole nitrogens is 1. The molecule has 4 N–H and O–H groups in total. The molecule has 7 nitrogen and oxygen atoms in total. The third-order valence-electron chi connectivity index (χ3n) is 2.26. The van der Waals surface area contributed by atoms with E-state index < -0.39 is 23.3 Å². The number of halogens is 1. The van der Waals surface area contributed by atoms with Gasteiger partial charge in [-0.2, -0.15) is 15.4 Å². The number of carbonyl (C=O) groups is 2. The molecule has 0 radical (unpaired) electrons. The third-order valence-corrected chi connectivity index (χ3v) is 2.26. The predicted molar refractivity (Wildman–Crippen MR) is 57.3 cm³/mol. The van der Waals surface area contributed by atoms with Crippen molar-refractivity contribution in [3.8, 4) is 11.3 Å². The van der Waals surface area contributed by atoms with Gasteiger partial charge in [-0.3, -0.25) is 4.79 Å². The number of aromatic amines is 1. The number of benzene rings is 1. The quantitative estimate of drug-likeness (QED) is 0.728. The van der Waals surface area contributed by atoms with Crippen molar-refractivity contribution in [2.75, 3.05) is 0 Å². The molecular formula is C10H7FN4O3.